The van der Waals surface area contributed by atoms with Crippen molar-refractivity contribution < 1.29 is 13.2 Å². The summed E-state index contributed by atoms with van der Waals surface area (Å²) < 4.78 is 22.7. The van der Waals surface area contributed by atoms with Gasteiger partial charge in [-0.25, -0.2) is 8.42 Å². The zero-order valence-corrected chi connectivity index (χ0v) is 13.9. The molecular formula is C14H22N2O3S2. The zero-order chi connectivity index (χ0) is 15.3. The quantitative estimate of drug-likeness (QED) is 0.807. The van der Waals surface area contributed by atoms with Crippen LogP contribution >= 0.6 is 11.3 Å². The van der Waals surface area contributed by atoms with Gasteiger partial charge in [-0.3, -0.25) is 9.69 Å². The molecule has 2 rings (SSSR count). The van der Waals surface area contributed by atoms with Crippen LogP contribution in [0.25, 0.3) is 0 Å². The Balaban J connectivity index is 1.74. The first-order chi connectivity index (χ1) is 9.98. The van der Waals surface area contributed by atoms with E-state index in [9.17, 15) is 13.2 Å². The molecule has 1 aromatic rings. The fraction of sp³-hybridized carbons (Fsp3) is 0.643. The molecule has 0 aliphatic carbocycles. The highest BCUT2D eigenvalue weighted by atomic mass is 32.2. The van der Waals surface area contributed by atoms with Crippen molar-refractivity contribution >= 4 is 27.1 Å². The van der Waals surface area contributed by atoms with Gasteiger partial charge < -0.3 is 5.32 Å². The van der Waals surface area contributed by atoms with Gasteiger partial charge in [-0.15, -0.1) is 11.3 Å². The summed E-state index contributed by atoms with van der Waals surface area (Å²) in [7, 11) is -2.94. The molecule has 7 heteroatoms. The molecule has 0 radical (unpaired) electrons. The molecule has 118 valence electrons. The van der Waals surface area contributed by atoms with Crippen molar-refractivity contribution in [1.29, 1.82) is 0 Å². The molecule has 0 spiro atoms. The predicted octanol–water partition coefficient (Wildman–Crippen LogP) is 0.916. The van der Waals surface area contributed by atoms with Gasteiger partial charge in [0.25, 0.3) is 0 Å². The lowest BCUT2D eigenvalue weighted by Gasteiger charge is -2.20. The average molecular weight is 330 g/mol. The van der Waals surface area contributed by atoms with E-state index in [2.05, 4.69) is 21.7 Å². The van der Waals surface area contributed by atoms with Crippen LogP contribution in [-0.2, 0) is 21.1 Å². The SMILES string of the molecule is CCN(CCc1cccs1)CC(=O)N[C@H]1CCS(=O)(=O)C1. The number of amides is 1. The summed E-state index contributed by atoms with van der Waals surface area (Å²) in [4.78, 5) is 15.4. The summed E-state index contributed by atoms with van der Waals surface area (Å²) in [6, 6.07) is 3.92. The number of nitrogens with one attached hydrogen (secondary N) is 1. The lowest BCUT2D eigenvalue weighted by Crippen LogP contribution is -2.43. The molecule has 5 nitrogen and oxygen atoms in total. The third-order valence-corrected chi connectivity index (χ3v) is 6.37. The summed E-state index contributed by atoms with van der Waals surface area (Å²) in [5.74, 6) is 0.193. The van der Waals surface area contributed by atoms with E-state index in [1.165, 1.54) is 4.88 Å². The van der Waals surface area contributed by atoms with Crippen LogP contribution in [0.4, 0.5) is 0 Å². The Morgan fingerprint density at radius 2 is 2.33 bits per heavy atom. The van der Waals surface area contributed by atoms with E-state index in [1.54, 1.807) is 11.3 Å². The van der Waals surface area contributed by atoms with Crippen molar-refractivity contribution in [3.63, 3.8) is 0 Å². The first-order valence-corrected chi connectivity index (χ1v) is 9.93. The Hall–Kier alpha value is -0.920. The van der Waals surface area contributed by atoms with E-state index in [0.29, 0.717) is 13.0 Å². The minimum Gasteiger partial charge on any atom is -0.351 e. The Morgan fingerprint density at radius 1 is 1.52 bits per heavy atom. The standard InChI is InChI=1S/C14H22N2O3S2/c1-2-16(7-5-13-4-3-8-20-13)10-14(17)15-12-6-9-21(18,19)11-12/h3-4,8,12H,2,5-7,9-11H2,1H3,(H,15,17)/t12-/m0/s1. The highest BCUT2D eigenvalue weighted by Gasteiger charge is 2.29. The van der Waals surface area contributed by atoms with Crippen LogP contribution in [0.2, 0.25) is 0 Å². The van der Waals surface area contributed by atoms with Gasteiger partial charge in [-0.05, 0) is 30.8 Å². The van der Waals surface area contributed by atoms with Crippen molar-refractivity contribution in [2.45, 2.75) is 25.8 Å². The van der Waals surface area contributed by atoms with Crippen molar-refractivity contribution in [2.75, 3.05) is 31.1 Å². The molecule has 21 heavy (non-hydrogen) atoms. The molecule has 1 saturated heterocycles. The van der Waals surface area contributed by atoms with E-state index < -0.39 is 9.84 Å². The summed E-state index contributed by atoms with van der Waals surface area (Å²) >= 11 is 1.73. The highest BCUT2D eigenvalue weighted by Crippen LogP contribution is 2.12. The third-order valence-electron chi connectivity index (χ3n) is 3.67. The summed E-state index contributed by atoms with van der Waals surface area (Å²) in [6.07, 6.45) is 1.48. The predicted molar refractivity (Wildman–Crippen MR) is 85.3 cm³/mol. The molecule has 0 aromatic carbocycles. The molecule has 1 aliphatic rings. The fourth-order valence-corrected chi connectivity index (χ4v) is 4.83. The van der Waals surface area contributed by atoms with Gasteiger partial charge in [0.1, 0.15) is 0 Å². The second-order valence-corrected chi connectivity index (χ2v) is 8.63. The van der Waals surface area contributed by atoms with Crippen LogP contribution in [0.3, 0.4) is 0 Å². The van der Waals surface area contributed by atoms with E-state index in [1.807, 2.05) is 13.0 Å². The van der Waals surface area contributed by atoms with Gasteiger partial charge >= 0.3 is 0 Å². The number of thiophene rings is 1. The van der Waals surface area contributed by atoms with Gasteiger partial charge in [0.2, 0.25) is 5.91 Å². The second kappa shape index (κ2) is 7.38. The fourth-order valence-electron chi connectivity index (χ4n) is 2.46. The molecule has 1 aromatic heterocycles. The molecule has 0 bridgehead atoms. The molecule has 0 unspecified atom stereocenters. The largest absolute Gasteiger partial charge is 0.351 e. The zero-order valence-electron chi connectivity index (χ0n) is 12.2. The molecule has 1 N–H and O–H groups in total. The maximum atomic E-state index is 12.0. The van der Waals surface area contributed by atoms with Crippen molar-refractivity contribution in [3.05, 3.63) is 22.4 Å². The summed E-state index contributed by atoms with van der Waals surface area (Å²) in [5, 5.41) is 4.89. The summed E-state index contributed by atoms with van der Waals surface area (Å²) in [6.45, 7) is 4.01. The number of carbonyl (C=O) groups is 1. The van der Waals surface area contributed by atoms with E-state index in [-0.39, 0.29) is 23.5 Å². The molecular weight excluding hydrogens is 308 g/mol. The van der Waals surface area contributed by atoms with E-state index >= 15 is 0 Å². The van der Waals surface area contributed by atoms with Crippen molar-refractivity contribution in [2.24, 2.45) is 0 Å². The maximum absolute atomic E-state index is 12.0. The number of hydrogen-bond donors (Lipinski definition) is 1. The van der Waals surface area contributed by atoms with Gasteiger partial charge in [-0.1, -0.05) is 13.0 Å². The van der Waals surface area contributed by atoms with Crippen molar-refractivity contribution in [3.8, 4) is 0 Å². The van der Waals surface area contributed by atoms with Gasteiger partial charge in [0.05, 0.1) is 18.1 Å². The number of rotatable bonds is 7. The second-order valence-electron chi connectivity index (χ2n) is 5.37. The van der Waals surface area contributed by atoms with Crippen LogP contribution in [0.5, 0.6) is 0 Å². The lowest BCUT2D eigenvalue weighted by atomic mass is 10.2. The average Bonchev–Trinajstić information content (AvgIpc) is 3.04. The van der Waals surface area contributed by atoms with E-state index in [0.717, 1.165) is 19.5 Å². The first kappa shape index (κ1) is 16.5. The van der Waals surface area contributed by atoms with Crippen LogP contribution in [0.1, 0.15) is 18.2 Å². The Labute approximate surface area is 130 Å². The first-order valence-electron chi connectivity index (χ1n) is 7.23. The minimum atomic E-state index is -2.94. The topological polar surface area (TPSA) is 66.5 Å². The van der Waals surface area contributed by atoms with Gasteiger partial charge in [0.15, 0.2) is 9.84 Å². The van der Waals surface area contributed by atoms with Crippen molar-refractivity contribution in [1.82, 2.24) is 10.2 Å². The van der Waals surface area contributed by atoms with Gasteiger partial charge in [-0.2, -0.15) is 0 Å². The molecule has 1 fully saturated rings. The molecule has 1 atom stereocenters. The minimum absolute atomic E-state index is 0.0786. The number of sulfone groups is 1. The molecule has 0 saturated carbocycles. The lowest BCUT2D eigenvalue weighted by molar-refractivity contribution is -0.122. The van der Waals surface area contributed by atoms with E-state index in [4.69, 9.17) is 0 Å². The Morgan fingerprint density at radius 3 is 2.90 bits per heavy atom. The number of nitrogens with zero attached hydrogens (tertiary/aromatic N) is 1. The summed E-state index contributed by atoms with van der Waals surface area (Å²) in [5.41, 5.74) is 0. The Bertz CT molecular complexity index is 555. The van der Waals surface area contributed by atoms with Crippen LogP contribution in [0.15, 0.2) is 17.5 Å². The normalized spacial score (nSPS) is 20.8. The molecule has 2 heterocycles. The highest BCUT2D eigenvalue weighted by molar-refractivity contribution is 7.91. The van der Waals surface area contributed by atoms with Crippen LogP contribution < -0.4 is 5.32 Å². The monoisotopic (exact) mass is 330 g/mol. The van der Waals surface area contributed by atoms with Crippen LogP contribution in [0, 0.1) is 0 Å². The molecule has 1 aliphatic heterocycles. The third kappa shape index (κ3) is 5.41. The maximum Gasteiger partial charge on any atom is 0.234 e. The number of carbonyl (C=O) groups excluding carboxylic acids is 1. The van der Waals surface area contributed by atoms with Gasteiger partial charge in [0, 0.05) is 17.5 Å². The van der Waals surface area contributed by atoms with Crippen LogP contribution in [-0.4, -0.2) is 56.4 Å². The Kier molecular flexibility index (Phi) is 5.78. The number of hydrogen-bond acceptors (Lipinski definition) is 5. The molecule has 1 amide bonds. The number of likely N-dealkylation sites (N-methyl/N-ethyl adjacent to an activating group) is 1. The smallest absolute Gasteiger partial charge is 0.234 e.